The summed E-state index contributed by atoms with van der Waals surface area (Å²) in [6.45, 7) is 0. The van der Waals surface area contributed by atoms with Crippen molar-refractivity contribution >= 4 is 5.69 Å². The number of hydrogen-bond acceptors (Lipinski definition) is 5. The Labute approximate surface area is 203 Å². The summed E-state index contributed by atoms with van der Waals surface area (Å²) in [5, 5.41) is 0. The van der Waals surface area contributed by atoms with Crippen molar-refractivity contribution in [2.75, 3.05) is 5.73 Å². The van der Waals surface area contributed by atoms with E-state index < -0.39 is 64.1 Å². The molecule has 4 rings (SSSR count). The van der Waals surface area contributed by atoms with Gasteiger partial charge in [0, 0.05) is 5.56 Å². The Hall–Kier alpha value is -4.42. The van der Waals surface area contributed by atoms with E-state index in [9.17, 15) is 35.1 Å². The molecule has 0 aliphatic carbocycles. The van der Waals surface area contributed by atoms with Crippen LogP contribution in [0.3, 0.4) is 0 Å². The molecule has 0 spiro atoms. The molecular formula is C24H13F8N3O2. The molecule has 13 heteroatoms. The van der Waals surface area contributed by atoms with E-state index in [1.165, 1.54) is 12.1 Å². The average molecular weight is 527 g/mol. The third kappa shape index (κ3) is 5.71. The maximum atomic E-state index is 13.5. The van der Waals surface area contributed by atoms with Crippen molar-refractivity contribution in [1.29, 1.82) is 0 Å². The van der Waals surface area contributed by atoms with Gasteiger partial charge in [-0.1, -0.05) is 30.3 Å². The summed E-state index contributed by atoms with van der Waals surface area (Å²) in [5.41, 5.74) is 2.54. The first-order chi connectivity index (χ1) is 17.3. The van der Waals surface area contributed by atoms with Crippen LogP contribution >= 0.6 is 0 Å². The largest absolute Gasteiger partial charge is 0.436 e. The molecule has 0 fully saturated rings. The summed E-state index contributed by atoms with van der Waals surface area (Å²) in [6.07, 6.45) is -10.1. The Morgan fingerprint density at radius 1 is 0.622 bits per heavy atom. The molecule has 0 saturated heterocycles. The van der Waals surface area contributed by atoms with Gasteiger partial charge in [-0.15, -0.1) is 0 Å². The lowest BCUT2D eigenvalue weighted by atomic mass is 10.2. The Balaban J connectivity index is 1.87. The number of aromatic nitrogens is 2. The van der Waals surface area contributed by atoms with Gasteiger partial charge in [-0.3, -0.25) is 0 Å². The van der Waals surface area contributed by atoms with Gasteiger partial charge in [0.2, 0.25) is 0 Å². The summed E-state index contributed by atoms with van der Waals surface area (Å²) in [7, 11) is 0. The van der Waals surface area contributed by atoms with Gasteiger partial charge in [-0.05, 0) is 36.4 Å². The molecule has 4 aromatic rings. The Morgan fingerprint density at radius 3 is 1.46 bits per heavy atom. The van der Waals surface area contributed by atoms with E-state index in [0.29, 0.717) is 24.3 Å². The van der Waals surface area contributed by atoms with Crippen LogP contribution in [0.1, 0.15) is 11.1 Å². The Morgan fingerprint density at radius 2 is 1.05 bits per heavy atom. The summed E-state index contributed by atoms with van der Waals surface area (Å²) in [5.74, 6) is -5.82. The zero-order valence-electron chi connectivity index (χ0n) is 18.2. The third-order valence-corrected chi connectivity index (χ3v) is 4.81. The molecule has 1 aromatic heterocycles. The molecule has 0 unspecified atom stereocenters. The first kappa shape index (κ1) is 25.7. The fourth-order valence-corrected chi connectivity index (χ4v) is 3.13. The molecule has 0 atom stereocenters. The number of ether oxygens (including phenoxy) is 2. The van der Waals surface area contributed by atoms with Gasteiger partial charge < -0.3 is 15.2 Å². The quantitative estimate of drug-likeness (QED) is 0.270. The molecule has 37 heavy (non-hydrogen) atoms. The first-order valence-corrected chi connectivity index (χ1v) is 10.1. The van der Waals surface area contributed by atoms with Gasteiger partial charge in [0.1, 0.15) is 34.3 Å². The lowest BCUT2D eigenvalue weighted by Gasteiger charge is -2.17. The molecule has 0 aliphatic heterocycles. The monoisotopic (exact) mass is 527 g/mol. The van der Waals surface area contributed by atoms with Crippen LogP contribution in [0.2, 0.25) is 0 Å². The summed E-state index contributed by atoms with van der Waals surface area (Å²) < 4.78 is 118. The van der Waals surface area contributed by atoms with Crippen LogP contribution in [0.5, 0.6) is 23.3 Å². The number of rotatable bonds is 5. The topological polar surface area (TPSA) is 70.3 Å². The van der Waals surface area contributed by atoms with E-state index in [2.05, 4.69) is 9.97 Å². The molecule has 0 aliphatic rings. The summed E-state index contributed by atoms with van der Waals surface area (Å²) >= 11 is 0. The van der Waals surface area contributed by atoms with Crippen molar-refractivity contribution in [3.63, 3.8) is 0 Å². The second-order valence-corrected chi connectivity index (χ2v) is 7.42. The van der Waals surface area contributed by atoms with Crippen LogP contribution in [0.4, 0.5) is 40.8 Å². The second kappa shape index (κ2) is 9.56. The maximum Gasteiger partial charge on any atom is 0.420 e. The van der Waals surface area contributed by atoms with Crippen LogP contribution in [0.25, 0.3) is 11.4 Å². The molecule has 192 valence electrons. The zero-order chi connectivity index (χ0) is 27.0. The highest BCUT2D eigenvalue weighted by Gasteiger charge is 2.37. The smallest absolute Gasteiger partial charge is 0.420 e. The van der Waals surface area contributed by atoms with E-state index in [0.717, 1.165) is 0 Å². The van der Waals surface area contributed by atoms with Gasteiger partial charge in [0.25, 0.3) is 11.8 Å². The number of nitrogen functional groups attached to an aromatic ring is 1. The SMILES string of the molecule is Nc1c(Oc2ccc(F)cc2C(F)(F)F)nc(-c2ccccc2)nc1Oc1ccc(F)cc1C(F)(F)F. The predicted molar refractivity (Wildman–Crippen MR) is 115 cm³/mol. The molecule has 0 bridgehead atoms. The minimum absolute atomic E-state index is 0.191. The average Bonchev–Trinajstić information content (AvgIpc) is 2.83. The maximum absolute atomic E-state index is 13.5. The van der Waals surface area contributed by atoms with Crippen molar-refractivity contribution in [3.8, 4) is 34.6 Å². The Bertz CT molecular complexity index is 1350. The molecule has 0 radical (unpaired) electrons. The number of alkyl halides is 6. The van der Waals surface area contributed by atoms with Gasteiger partial charge in [-0.25, -0.2) is 8.78 Å². The normalized spacial score (nSPS) is 11.9. The van der Waals surface area contributed by atoms with Gasteiger partial charge in [-0.2, -0.15) is 36.3 Å². The van der Waals surface area contributed by atoms with Crippen molar-refractivity contribution in [1.82, 2.24) is 9.97 Å². The highest BCUT2D eigenvalue weighted by Crippen LogP contribution is 2.43. The third-order valence-electron chi connectivity index (χ3n) is 4.81. The van der Waals surface area contributed by atoms with Crippen molar-refractivity contribution in [3.05, 3.63) is 89.5 Å². The van der Waals surface area contributed by atoms with Crippen molar-refractivity contribution in [2.45, 2.75) is 12.4 Å². The summed E-state index contributed by atoms with van der Waals surface area (Å²) in [4.78, 5) is 7.98. The first-order valence-electron chi connectivity index (χ1n) is 10.1. The predicted octanol–water partition coefficient (Wildman–Crippen LogP) is 7.63. The Kier molecular flexibility index (Phi) is 6.63. The minimum atomic E-state index is -5.03. The van der Waals surface area contributed by atoms with Gasteiger partial charge in [0.15, 0.2) is 11.5 Å². The number of benzene rings is 3. The van der Waals surface area contributed by atoms with E-state index >= 15 is 0 Å². The molecular weight excluding hydrogens is 514 g/mol. The van der Waals surface area contributed by atoms with Crippen molar-refractivity contribution < 1.29 is 44.6 Å². The zero-order valence-corrected chi connectivity index (χ0v) is 18.2. The molecule has 0 saturated carbocycles. The number of hydrogen-bond donors (Lipinski definition) is 1. The van der Waals surface area contributed by atoms with E-state index in [1.54, 1.807) is 18.2 Å². The van der Waals surface area contributed by atoms with Gasteiger partial charge in [0.05, 0.1) is 0 Å². The highest BCUT2D eigenvalue weighted by molar-refractivity contribution is 5.65. The van der Waals surface area contributed by atoms with Crippen LogP contribution in [-0.2, 0) is 12.4 Å². The van der Waals surface area contributed by atoms with Crippen LogP contribution in [0.15, 0.2) is 66.7 Å². The fourth-order valence-electron chi connectivity index (χ4n) is 3.13. The van der Waals surface area contributed by atoms with Crippen molar-refractivity contribution in [2.24, 2.45) is 0 Å². The number of halogens is 8. The van der Waals surface area contributed by atoms with Gasteiger partial charge >= 0.3 is 12.4 Å². The molecule has 0 amide bonds. The van der Waals surface area contributed by atoms with E-state index in [4.69, 9.17) is 15.2 Å². The summed E-state index contributed by atoms with van der Waals surface area (Å²) in [6, 6.07) is 10.9. The fraction of sp³-hybridized carbons (Fsp3) is 0.0833. The second-order valence-electron chi connectivity index (χ2n) is 7.42. The van der Waals surface area contributed by atoms with Crippen LogP contribution in [0, 0.1) is 11.6 Å². The molecule has 1 heterocycles. The lowest BCUT2D eigenvalue weighted by Crippen LogP contribution is -2.10. The van der Waals surface area contributed by atoms with Crippen LogP contribution < -0.4 is 15.2 Å². The lowest BCUT2D eigenvalue weighted by molar-refractivity contribution is -0.139. The molecule has 5 nitrogen and oxygen atoms in total. The number of anilines is 1. The van der Waals surface area contributed by atoms with E-state index in [-0.39, 0.29) is 23.5 Å². The molecule has 3 aromatic carbocycles. The minimum Gasteiger partial charge on any atom is -0.436 e. The van der Waals surface area contributed by atoms with Crippen LogP contribution in [-0.4, -0.2) is 9.97 Å². The molecule has 2 N–H and O–H groups in total. The van der Waals surface area contributed by atoms with E-state index in [1.807, 2.05) is 0 Å². The number of nitrogens with zero attached hydrogens (tertiary/aromatic N) is 2. The number of nitrogens with two attached hydrogens (primary N) is 1. The standard InChI is InChI=1S/C24H13F8N3O2/c25-13-6-8-17(15(10-13)23(27,28)29)36-21-19(33)22(35-20(34-21)12-4-2-1-3-5-12)37-18-9-7-14(26)11-16(18)24(30,31)32/h1-11H,33H2. The highest BCUT2D eigenvalue weighted by atomic mass is 19.4.